The highest BCUT2D eigenvalue weighted by Gasteiger charge is 2.35. The second-order valence-corrected chi connectivity index (χ2v) is 4.40. The average molecular weight is 262 g/mol. The minimum atomic E-state index is -4.41. The van der Waals surface area contributed by atoms with Gasteiger partial charge in [-0.3, -0.25) is 0 Å². The fraction of sp³-hybridized carbons (Fsp3) is 0.538. The molecule has 1 rings (SSSR count). The highest BCUT2D eigenvalue weighted by molar-refractivity contribution is 5.28. The Hall–Kier alpha value is -1.07. The van der Waals surface area contributed by atoms with Crippen molar-refractivity contribution in [1.29, 1.82) is 0 Å². The second kappa shape index (κ2) is 5.28. The van der Waals surface area contributed by atoms with Crippen molar-refractivity contribution in [1.82, 2.24) is 0 Å². The van der Waals surface area contributed by atoms with Gasteiger partial charge in [0.15, 0.2) is 0 Å². The van der Waals surface area contributed by atoms with Crippen molar-refractivity contribution in [2.24, 2.45) is 0 Å². The fourth-order valence-corrected chi connectivity index (χ4v) is 1.69. The Labute approximate surface area is 104 Å². The lowest BCUT2D eigenvalue weighted by atomic mass is 9.89. The van der Waals surface area contributed by atoms with E-state index in [-0.39, 0.29) is 5.56 Å². The van der Waals surface area contributed by atoms with Crippen LogP contribution >= 0.6 is 0 Å². The van der Waals surface area contributed by atoms with E-state index in [0.717, 1.165) is 12.1 Å². The molecule has 0 bridgehead atoms. The van der Waals surface area contributed by atoms with Crippen LogP contribution in [0.15, 0.2) is 24.3 Å². The zero-order valence-electron chi connectivity index (χ0n) is 10.6. The highest BCUT2D eigenvalue weighted by Crippen LogP contribution is 2.35. The third kappa shape index (κ3) is 3.03. The quantitative estimate of drug-likeness (QED) is 0.899. The molecule has 1 N–H and O–H groups in total. The Morgan fingerprint density at radius 3 is 2.39 bits per heavy atom. The average Bonchev–Trinajstić information content (AvgIpc) is 2.36. The fourth-order valence-electron chi connectivity index (χ4n) is 1.69. The highest BCUT2D eigenvalue weighted by atomic mass is 19.4. The van der Waals surface area contributed by atoms with Gasteiger partial charge < -0.3 is 9.84 Å². The maximum atomic E-state index is 12.6. The molecule has 0 heterocycles. The Morgan fingerprint density at radius 2 is 1.94 bits per heavy atom. The van der Waals surface area contributed by atoms with Crippen molar-refractivity contribution in [2.45, 2.75) is 38.1 Å². The van der Waals surface area contributed by atoms with Crippen LogP contribution in [-0.4, -0.2) is 17.8 Å². The van der Waals surface area contributed by atoms with Crippen LogP contribution in [0.1, 0.15) is 37.5 Å². The number of alkyl halides is 3. The van der Waals surface area contributed by atoms with E-state index in [1.807, 2.05) is 0 Å². The number of halogens is 3. The standard InChI is InChI=1S/C13H17F3O2/c1-4-12(2,18-3)11(17)9-6-5-7-10(8-9)13(14,15)16/h5-8,11,17H,4H2,1-3H3. The van der Waals surface area contributed by atoms with E-state index in [0.29, 0.717) is 6.42 Å². The Balaban J connectivity index is 3.11. The van der Waals surface area contributed by atoms with Gasteiger partial charge in [0, 0.05) is 7.11 Å². The number of rotatable bonds is 4. The Bertz CT molecular complexity index is 397. The summed E-state index contributed by atoms with van der Waals surface area (Å²) in [5, 5.41) is 10.1. The SMILES string of the molecule is CCC(C)(OC)C(O)c1cccc(C(F)(F)F)c1. The number of methoxy groups -OCH3 is 1. The maximum absolute atomic E-state index is 12.6. The molecule has 2 unspecified atom stereocenters. The molecule has 18 heavy (non-hydrogen) atoms. The van der Waals surface area contributed by atoms with Gasteiger partial charge in [-0.15, -0.1) is 0 Å². The monoisotopic (exact) mass is 262 g/mol. The van der Waals surface area contributed by atoms with Crippen LogP contribution in [0.4, 0.5) is 13.2 Å². The van der Waals surface area contributed by atoms with Crippen LogP contribution in [0.3, 0.4) is 0 Å². The molecule has 2 atom stereocenters. The summed E-state index contributed by atoms with van der Waals surface area (Å²) in [5.74, 6) is 0. The first-order chi connectivity index (χ1) is 8.24. The van der Waals surface area contributed by atoms with Crippen molar-refractivity contribution < 1.29 is 23.0 Å². The largest absolute Gasteiger partial charge is 0.416 e. The molecule has 102 valence electrons. The van der Waals surface area contributed by atoms with Crippen molar-refractivity contribution in [2.75, 3.05) is 7.11 Å². The van der Waals surface area contributed by atoms with Crippen molar-refractivity contribution >= 4 is 0 Å². The summed E-state index contributed by atoms with van der Waals surface area (Å²) < 4.78 is 42.9. The molecule has 0 saturated heterocycles. The lowest BCUT2D eigenvalue weighted by Gasteiger charge is -2.32. The summed E-state index contributed by atoms with van der Waals surface area (Å²) in [6.45, 7) is 3.47. The topological polar surface area (TPSA) is 29.5 Å². The van der Waals surface area contributed by atoms with E-state index in [2.05, 4.69) is 0 Å². The van der Waals surface area contributed by atoms with E-state index < -0.39 is 23.4 Å². The Morgan fingerprint density at radius 1 is 1.33 bits per heavy atom. The van der Waals surface area contributed by atoms with Gasteiger partial charge in [0.2, 0.25) is 0 Å². The lowest BCUT2D eigenvalue weighted by molar-refractivity contribution is -0.138. The van der Waals surface area contributed by atoms with Crippen molar-refractivity contribution in [3.05, 3.63) is 35.4 Å². The van der Waals surface area contributed by atoms with Gasteiger partial charge in [-0.25, -0.2) is 0 Å². The normalized spacial score (nSPS) is 17.3. The number of hydrogen-bond donors (Lipinski definition) is 1. The zero-order chi connectivity index (χ0) is 14.0. The van der Waals surface area contributed by atoms with Crippen LogP contribution in [0.5, 0.6) is 0 Å². The maximum Gasteiger partial charge on any atom is 0.416 e. The van der Waals surface area contributed by atoms with Crippen LogP contribution in [0.25, 0.3) is 0 Å². The third-order valence-corrected chi connectivity index (χ3v) is 3.28. The molecular formula is C13H17F3O2. The first kappa shape index (κ1) is 15.0. The van der Waals surface area contributed by atoms with E-state index in [9.17, 15) is 18.3 Å². The summed E-state index contributed by atoms with van der Waals surface area (Å²) in [5.41, 5.74) is -1.46. The summed E-state index contributed by atoms with van der Waals surface area (Å²) in [6, 6.07) is 4.68. The minimum Gasteiger partial charge on any atom is -0.385 e. The molecule has 0 aliphatic heterocycles. The molecule has 5 heteroatoms. The molecule has 0 aliphatic carbocycles. The van der Waals surface area contributed by atoms with Gasteiger partial charge in [-0.2, -0.15) is 13.2 Å². The molecule has 0 spiro atoms. The summed E-state index contributed by atoms with van der Waals surface area (Å²) >= 11 is 0. The summed E-state index contributed by atoms with van der Waals surface area (Å²) in [4.78, 5) is 0. The molecule has 0 aromatic heterocycles. The van der Waals surface area contributed by atoms with Crippen LogP contribution in [0, 0.1) is 0 Å². The number of aliphatic hydroxyl groups is 1. The molecule has 0 aliphatic rings. The predicted octanol–water partition coefficient (Wildman–Crippen LogP) is 3.55. The van der Waals surface area contributed by atoms with E-state index >= 15 is 0 Å². The molecule has 0 amide bonds. The van der Waals surface area contributed by atoms with Gasteiger partial charge in [-0.1, -0.05) is 19.1 Å². The van der Waals surface area contributed by atoms with E-state index in [4.69, 9.17) is 4.74 Å². The van der Waals surface area contributed by atoms with Crippen molar-refractivity contribution in [3.63, 3.8) is 0 Å². The van der Waals surface area contributed by atoms with E-state index in [1.54, 1.807) is 13.8 Å². The van der Waals surface area contributed by atoms with Gasteiger partial charge in [0.25, 0.3) is 0 Å². The first-order valence-electron chi connectivity index (χ1n) is 5.65. The lowest BCUT2D eigenvalue weighted by Crippen LogP contribution is -2.34. The van der Waals surface area contributed by atoms with Crippen LogP contribution in [-0.2, 0) is 10.9 Å². The molecular weight excluding hydrogens is 245 g/mol. The molecule has 1 aromatic carbocycles. The van der Waals surface area contributed by atoms with Gasteiger partial charge in [0.1, 0.15) is 6.10 Å². The van der Waals surface area contributed by atoms with Gasteiger partial charge >= 0.3 is 6.18 Å². The molecule has 0 saturated carbocycles. The smallest absolute Gasteiger partial charge is 0.385 e. The number of benzene rings is 1. The van der Waals surface area contributed by atoms with Gasteiger partial charge in [-0.05, 0) is 31.0 Å². The predicted molar refractivity (Wildman–Crippen MR) is 62.1 cm³/mol. The zero-order valence-corrected chi connectivity index (χ0v) is 10.6. The molecule has 0 fully saturated rings. The van der Waals surface area contributed by atoms with Crippen LogP contribution in [0.2, 0.25) is 0 Å². The van der Waals surface area contributed by atoms with Crippen LogP contribution < -0.4 is 0 Å². The number of ether oxygens (including phenoxy) is 1. The molecule has 0 radical (unpaired) electrons. The number of aliphatic hydroxyl groups excluding tert-OH is 1. The summed E-state index contributed by atoms with van der Waals surface area (Å²) in [6.07, 6.45) is -5.03. The van der Waals surface area contributed by atoms with E-state index in [1.165, 1.54) is 19.2 Å². The number of hydrogen-bond acceptors (Lipinski definition) is 2. The first-order valence-corrected chi connectivity index (χ1v) is 5.65. The van der Waals surface area contributed by atoms with Crippen molar-refractivity contribution in [3.8, 4) is 0 Å². The molecule has 1 aromatic rings. The third-order valence-electron chi connectivity index (χ3n) is 3.28. The van der Waals surface area contributed by atoms with Gasteiger partial charge in [0.05, 0.1) is 11.2 Å². The molecule has 2 nitrogen and oxygen atoms in total. The second-order valence-electron chi connectivity index (χ2n) is 4.40. The minimum absolute atomic E-state index is 0.205. The summed E-state index contributed by atoms with van der Waals surface area (Å²) in [7, 11) is 1.43. The Kier molecular flexibility index (Phi) is 4.40.